The van der Waals surface area contributed by atoms with Gasteiger partial charge in [0.05, 0.1) is 15.4 Å². The molecule has 0 radical (unpaired) electrons. The number of hydrogen-bond acceptors (Lipinski definition) is 0. The van der Waals surface area contributed by atoms with Crippen LogP contribution >= 0.6 is 34.8 Å². The van der Waals surface area contributed by atoms with Crippen LogP contribution in [0.4, 0.5) is 0 Å². The highest BCUT2D eigenvalue weighted by Gasteiger charge is 2.11. The fraction of sp³-hybridized carbons (Fsp3) is 0.250. The average Bonchev–Trinajstić information content (AvgIpc) is 2.37. The lowest BCUT2D eigenvalue weighted by atomic mass is 10.0. The first kappa shape index (κ1) is 14.7. The van der Waals surface area contributed by atoms with E-state index in [1.165, 1.54) is 16.7 Å². The molecule has 1 atom stereocenters. The Hall–Kier alpha value is -0.690. The lowest BCUT2D eigenvalue weighted by molar-refractivity contribution is 0.917. The van der Waals surface area contributed by atoms with Crippen LogP contribution in [-0.2, 0) is 6.42 Å². The Labute approximate surface area is 129 Å². The zero-order valence-corrected chi connectivity index (χ0v) is 13.2. The van der Waals surface area contributed by atoms with E-state index in [-0.39, 0.29) is 5.38 Å². The van der Waals surface area contributed by atoms with Crippen molar-refractivity contribution in [2.75, 3.05) is 0 Å². The first-order chi connectivity index (χ1) is 8.97. The van der Waals surface area contributed by atoms with Gasteiger partial charge in [0.2, 0.25) is 0 Å². The SMILES string of the molecule is Cc1ccc(CC(Cl)c2ccc(Cl)c(Cl)c2)cc1C. The Morgan fingerprint density at radius 1 is 0.895 bits per heavy atom. The number of benzene rings is 2. The van der Waals surface area contributed by atoms with Crippen molar-refractivity contribution in [1.82, 2.24) is 0 Å². The lowest BCUT2D eigenvalue weighted by Crippen LogP contribution is -1.97. The van der Waals surface area contributed by atoms with Gasteiger partial charge in [0.25, 0.3) is 0 Å². The van der Waals surface area contributed by atoms with E-state index in [0.29, 0.717) is 10.0 Å². The summed E-state index contributed by atoms with van der Waals surface area (Å²) in [4.78, 5) is 0. The smallest absolute Gasteiger partial charge is 0.0626 e. The molecular formula is C16H15Cl3. The molecule has 2 rings (SSSR count). The second kappa shape index (κ2) is 6.17. The third-order valence-electron chi connectivity index (χ3n) is 3.29. The molecule has 2 aromatic carbocycles. The van der Waals surface area contributed by atoms with Crippen molar-refractivity contribution in [3.8, 4) is 0 Å². The highest BCUT2D eigenvalue weighted by molar-refractivity contribution is 6.42. The summed E-state index contributed by atoms with van der Waals surface area (Å²) in [6.45, 7) is 4.22. The van der Waals surface area contributed by atoms with Crippen LogP contribution in [0, 0.1) is 13.8 Å². The van der Waals surface area contributed by atoms with Crippen LogP contribution in [0.25, 0.3) is 0 Å². The molecule has 3 heteroatoms. The number of hydrogen-bond donors (Lipinski definition) is 0. The molecule has 0 fully saturated rings. The van der Waals surface area contributed by atoms with E-state index in [4.69, 9.17) is 34.8 Å². The molecule has 0 nitrogen and oxygen atoms in total. The molecule has 0 amide bonds. The molecule has 0 spiro atoms. The minimum absolute atomic E-state index is 0.100. The van der Waals surface area contributed by atoms with Crippen LogP contribution in [-0.4, -0.2) is 0 Å². The molecule has 1 unspecified atom stereocenters. The summed E-state index contributed by atoms with van der Waals surface area (Å²) >= 11 is 18.4. The van der Waals surface area contributed by atoms with Crippen LogP contribution in [0.2, 0.25) is 10.0 Å². The van der Waals surface area contributed by atoms with E-state index in [2.05, 4.69) is 32.0 Å². The summed E-state index contributed by atoms with van der Waals surface area (Å²) < 4.78 is 0. The second-order valence-corrected chi connectivity index (χ2v) is 6.11. The highest BCUT2D eigenvalue weighted by atomic mass is 35.5. The monoisotopic (exact) mass is 312 g/mol. The van der Waals surface area contributed by atoms with E-state index in [1.807, 2.05) is 12.1 Å². The first-order valence-corrected chi connectivity index (χ1v) is 7.32. The Morgan fingerprint density at radius 2 is 1.63 bits per heavy atom. The van der Waals surface area contributed by atoms with Crippen LogP contribution in [0.1, 0.15) is 27.6 Å². The Balaban J connectivity index is 2.17. The molecule has 0 saturated heterocycles. The quantitative estimate of drug-likeness (QED) is 0.598. The Morgan fingerprint density at radius 3 is 2.26 bits per heavy atom. The van der Waals surface area contributed by atoms with Crippen LogP contribution in [0.5, 0.6) is 0 Å². The predicted octanol–water partition coefficient (Wildman–Crippen LogP) is 6.13. The van der Waals surface area contributed by atoms with Gasteiger partial charge in [-0.2, -0.15) is 0 Å². The molecule has 0 N–H and O–H groups in total. The third kappa shape index (κ3) is 3.66. The summed E-state index contributed by atoms with van der Waals surface area (Å²) in [5.74, 6) is 0. The zero-order chi connectivity index (χ0) is 14.0. The first-order valence-electron chi connectivity index (χ1n) is 6.12. The minimum atomic E-state index is -0.100. The van der Waals surface area contributed by atoms with E-state index >= 15 is 0 Å². The van der Waals surface area contributed by atoms with Crippen molar-refractivity contribution in [2.45, 2.75) is 25.6 Å². The minimum Gasteiger partial charge on any atom is -0.117 e. The molecule has 0 saturated carbocycles. The standard InChI is InChI=1S/C16H15Cl3/c1-10-3-4-12(7-11(10)2)8-15(18)13-5-6-14(17)16(19)9-13/h3-7,9,15H,8H2,1-2H3. The third-order valence-corrected chi connectivity index (χ3v) is 4.44. The average molecular weight is 314 g/mol. The molecule has 0 bridgehead atoms. The summed E-state index contributed by atoms with van der Waals surface area (Å²) in [6.07, 6.45) is 0.778. The van der Waals surface area contributed by atoms with Gasteiger partial charge >= 0.3 is 0 Å². The lowest BCUT2D eigenvalue weighted by Gasteiger charge is -2.12. The van der Waals surface area contributed by atoms with Crippen LogP contribution in [0.3, 0.4) is 0 Å². The maximum atomic E-state index is 6.46. The van der Waals surface area contributed by atoms with Gasteiger partial charge in [0.1, 0.15) is 0 Å². The molecule has 2 aromatic rings. The van der Waals surface area contributed by atoms with Crippen molar-refractivity contribution in [1.29, 1.82) is 0 Å². The number of aryl methyl sites for hydroxylation is 2. The number of rotatable bonds is 3. The molecule has 0 heterocycles. The van der Waals surface area contributed by atoms with Gasteiger partial charge in [-0.1, -0.05) is 47.5 Å². The predicted molar refractivity (Wildman–Crippen MR) is 84.7 cm³/mol. The van der Waals surface area contributed by atoms with E-state index in [0.717, 1.165) is 12.0 Å². The van der Waals surface area contributed by atoms with Crippen molar-refractivity contribution >= 4 is 34.8 Å². The van der Waals surface area contributed by atoms with E-state index in [1.54, 1.807) is 6.07 Å². The van der Waals surface area contributed by atoms with Gasteiger partial charge in [-0.15, -0.1) is 11.6 Å². The fourth-order valence-electron chi connectivity index (χ4n) is 1.96. The maximum Gasteiger partial charge on any atom is 0.0626 e. The summed E-state index contributed by atoms with van der Waals surface area (Å²) in [5.41, 5.74) is 4.81. The van der Waals surface area contributed by atoms with E-state index < -0.39 is 0 Å². The molecule has 19 heavy (non-hydrogen) atoms. The van der Waals surface area contributed by atoms with Gasteiger partial charge < -0.3 is 0 Å². The van der Waals surface area contributed by atoms with Crippen molar-refractivity contribution in [2.24, 2.45) is 0 Å². The van der Waals surface area contributed by atoms with Gasteiger partial charge in [0.15, 0.2) is 0 Å². The molecule has 100 valence electrons. The fourth-order valence-corrected chi connectivity index (χ4v) is 2.58. The normalized spacial score (nSPS) is 12.5. The zero-order valence-electron chi connectivity index (χ0n) is 10.9. The summed E-state index contributed by atoms with van der Waals surface area (Å²) in [6, 6.07) is 12.0. The summed E-state index contributed by atoms with van der Waals surface area (Å²) in [7, 11) is 0. The maximum absolute atomic E-state index is 6.46. The van der Waals surface area contributed by atoms with Gasteiger partial charge in [0, 0.05) is 0 Å². The van der Waals surface area contributed by atoms with Gasteiger partial charge in [-0.25, -0.2) is 0 Å². The van der Waals surface area contributed by atoms with Crippen molar-refractivity contribution in [3.05, 3.63) is 68.7 Å². The number of alkyl halides is 1. The molecular weight excluding hydrogens is 299 g/mol. The van der Waals surface area contributed by atoms with Gasteiger partial charge in [-0.3, -0.25) is 0 Å². The second-order valence-electron chi connectivity index (χ2n) is 4.76. The molecule has 0 aliphatic carbocycles. The summed E-state index contributed by atoms with van der Waals surface area (Å²) in [5, 5.41) is 1.00. The Bertz CT molecular complexity index is 591. The van der Waals surface area contributed by atoms with Crippen molar-refractivity contribution in [3.63, 3.8) is 0 Å². The molecule has 0 aliphatic rings. The van der Waals surface area contributed by atoms with Crippen LogP contribution in [0.15, 0.2) is 36.4 Å². The highest BCUT2D eigenvalue weighted by Crippen LogP contribution is 2.30. The molecule has 0 aromatic heterocycles. The molecule has 0 aliphatic heterocycles. The number of halogens is 3. The van der Waals surface area contributed by atoms with Gasteiger partial charge in [-0.05, 0) is 54.7 Å². The topological polar surface area (TPSA) is 0 Å². The largest absolute Gasteiger partial charge is 0.117 e. The van der Waals surface area contributed by atoms with Crippen molar-refractivity contribution < 1.29 is 0 Å². The van der Waals surface area contributed by atoms with E-state index in [9.17, 15) is 0 Å². The Kier molecular flexibility index (Phi) is 4.78. The van der Waals surface area contributed by atoms with Crippen LogP contribution < -0.4 is 0 Å².